The number of carbonyl (C=O) groups is 1. The Balaban J connectivity index is 1.88. The number of rotatable bonds is 4. The zero-order valence-electron chi connectivity index (χ0n) is 11.0. The number of carbonyl (C=O) groups excluding carboxylic acids is 1. The van der Waals surface area contributed by atoms with Crippen LogP contribution in [-0.4, -0.2) is 10.9 Å². The lowest BCUT2D eigenvalue weighted by atomic mass is 10.1. The summed E-state index contributed by atoms with van der Waals surface area (Å²) in [6, 6.07) is 15.4. The van der Waals surface area contributed by atoms with Crippen LogP contribution in [0.1, 0.15) is 27.0 Å². The Hall–Kier alpha value is -2.04. The van der Waals surface area contributed by atoms with Gasteiger partial charge in [-0.2, -0.15) is 0 Å². The van der Waals surface area contributed by atoms with Crippen LogP contribution in [0.5, 0.6) is 0 Å². The Kier molecular flexibility index (Phi) is 4.08. The zero-order chi connectivity index (χ0) is 14.7. The van der Waals surface area contributed by atoms with E-state index in [0.29, 0.717) is 10.7 Å². The summed E-state index contributed by atoms with van der Waals surface area (Å²) in [6.07, 6.45) is 1.60. The maximum atomic E-state index is 12.3. The van der Waals surface area contributed by atoms with Crippen LogP contribution in [0.4, 0.5) is 0 Å². The maximum absolute atomic E-state index is 12.3. The van der Waals surface area contributed by atoms with Crippen LogP contribution in [-0.2, 0) is 0 Å². The summed E-state index contributed by atoms with van der Waals surface area (Å²) in [5, 5.41) is 5.57. The normalized spacial score (nSPS) is 12.0. The number of nitrogens with one attached hydrogen (secondary N) is 2. The summed E-state index contributed by atoms with van der Waals surface area (Å²) >= 11 is 7.47. The van der Waals surface area contributed by atoms with E-state index >= 15 is 0 Å². The van der Waals surface area contributed by atoms with Crippen LogP contribution in [0.15, 0.2) is 60.1 Å². The molecule has 0 spiro atoms. The molecule has 1 atom stereocenters. The van der Waals surface area contributed by atoms with Gasteiger partial charge in [0, 0.05) is 11.1 Å². The van der Waals surface area contributed by atoms with E-state index in [4.69, 9.17) is 11.6 Å². The van der Waals surface area contributed by atoms with Crippen LogP contribution in [0.25, 0.3) is 0 Å². The second kappa shape index (κ2) is 6.16. The first-order valence-corrected chi connectivity index (χ1v) is 7.73. The van der Waals surface area contributed by atoms with Crippen LogP contribution < -0.4 is 5.32 Å². The number of halogens is 1. The summed E-state index contributed by atoms with van der Waals surface area (Å²) in [4.78, 5) is 16.3. The van der Waals surface area contributed by atoms with Crippen molar-refractivity contribution in [2.45, 2.75) is 6.04 Å². The Bertz CT molecular complexity index is 722. The average Bonchev–Trinajstić information content (AvgIpc) is 3.17. The number of H-pyrrole nitrogens is 1. The lowest BCUT2D eigenvalue weighted by Gasteiger charge is -2.17. The van der Waals surface area contributed by atoms with Crippen molar-refractivity contribution in [3.05, 3.63) is 81.3 Å². The predicted molar refractivity (Wildman–Crippen MR) is 85.9 cm³/mol. The second-order valence-electron chi connectivity index (χ2n) is 4.56. The Morgan fingerprint density at radius 1 is 1.19 bits per heavy atom. The second-order valence-corrected chi connectivity index (χ2v) is 5.98. The molecule has 0 fully saturated rings. The fraction of sp³-hybridized carbons (Fsp3) is 0.0625. The van der Waals surface area contributed by atoms with Gasteiger partial charge in [0.2, 0.25) is 0 Å². The van der Waals surface area contributed by atoms with Gasteiger partial charge < -0.3 is 10.3 Å². The van der Waals surface area contributed by atoms with Gasteiger partial charge in [-0.05, 0) is 23.1 Å². The molecule has 3 nitrogen and oxygen atoms in total. The summed E-state index contributed by atoms with van der Waals surface area (Å²) in [7, 11) is 0. The third-order valence-electron chi connectivity index (χ3n) is 3.13. The third-order valence-corrected chi connectivity index (χ3v) is 4.28. The summed E-state index contributed by atoms with van der Waals surface area (Å²) < 4.78 is 0. The summed E-state index contributed by atoms with van der Waals surface area (Å²) in [5.41, 5.74) is 1.50. The number of benzene rings is 1. The Morgan fingerprint density at radius 3 is 2.62 bits per heavy atom. The van der Waals surface area contributed by atoms with Crippen molar-refractivity contribution in [3.63, 3.8) is 0 Å². The van der Waals surface area contributed by atoms with Gasteiger partial charge in [0.15, 0.2) is 0 Å². The van der Waals surface area contributed by atoms with E-state index in [-0.39, 0.29) is 11.9 Å². The van der Waals surface area contributed by atoms with E-state index in [1.54, 1.807) is 23.6 Å². The molecule has 3 rings (SSSR count). The topological polar surface area (TPSA) is 44.9 Å². The van der Waals surface area contributed by atoms with Gasteiger partial charge in [0.05, 0.1) is 11.1 Å². The fourth-order valence-corrected chi connectivity index (χ4v) is 3.09. The lowest BCUT2D eigenvalue weighted by molar-refractivity contribution is 0.0939. The predicted octanol–water partition coefficient (Wildman–Crippen LogP) is 4.25. The number of aromatic nitrogens is 1. The first-order chi connectivity index (χ1) is 10.2. The van der Waals surface area contributed by atoms with E-state index < -0.39 is 0 Å². The highest BCUT2D eigenvalue weighted by molar-refractivity contribution is 7.10. The van der Waals surface area contributed by atoms with Gasteiger partial charge in [-0.3, -0.25) is 4.79 Å². The standard InChI is InChI=1S/C16H13ClN2OS/c17-12-9-13(18-10-12)16(20)19-15(14-7-4-8-21-14)11-5-2-1-3-6-11/h1-10,15,18H,(H,19,20)/t15-/m1/s1. The molecule has 0 aliphatic carbocycles. The van der Waals surface area contributed by atoms with Gasteiger partial charge in [0.25, 0.3) is 5.91 Å². The molecule has 106 valence electrons. The van der Waals surface area contributed by atoms with E-state index in [0.717, 1.165) is 10.4 Å². The molecule has 2 heterocycles. The maximum Gasteiger partial charge on any atom is 0.268 e. The number of aromatic amines is 1. The van der Waals surface area contributed by atoms with Crippen molar-refractivity contribution in [2.24, 2.45) is 0 Å². The largest absolute Gasteiger partial charge is 0.356 e. The minimum absolute atomic E-state index is 0.166. The third kappa shape index (κ3) is 3.17. The van der Waals surface area contributed by atoms with E-state index in [1.807, 2.05) is 47.8 Å². The lowest BCUT2D eigenvalue weighted by Crippen LogP contribution is -2.29. The van der Waals surface area contributed by atoms with Gasteiger partial charge in [-0.1, -0.05) is 48.0 Å². The monoisotopic (exact) mass is 316 g/mol. The number of hydrogen-bond acceptors (Lipinski definition) is 2. The quantitative estimate of drug-likeness (QED) is 0.742. The average molecular weight is 317 g/mol. The highest BCUT2D eigenvalue weighted by Gasteiger charge is 2.19. The van der Waals surface area contributed by atoms with Gasteiger partial charge >= 0.3 is 0 Å². The molecule has 0 aliphatic rings. The molecule has 2 N–H and O–H groups in total. The van der Waals surface area contributed by atoms with Crippen LogP contribution in [0.3, 0.4) is 0 Å². The van der Waals surface area contributed by atoms with E-state index in [2.05, 4.69) is 10.3 Å². The minimum atomic E-state index is -0.177. The molecule has 21 heavy (non-hydrogen) atoms. The van der Waals surface area contributed by atoms with Crippen molar-refractivity contribution in [1.29, 1.82) is 0 Å². The highest BCUT2D eigenvalue weighted by Crippen LogP contribution is 2.26. The molecule has 0 saturated carbocycles. The number of thiophene rings is 1. The molecule has 3 aromatic rings. The fourth-order valence-electron chi connectivity index (χ4n) is 2.13. The minimum Gasteiger partial charge on any atom is -0.356 e. The molecule has 0 aliphatic heterocycles. The SMILES string of the molecule is O=C(N[C@H](c1ccccc1)c1cccs1)c1cc(Cl)c[nH]1. The molecular formula is C16H13ClN2OS. The van der Waals surface area contributed by atoms with Crippen molar-refractivity contribution in [3.8, 4) is 0 Å². The first-order valence-electron chi connectivity index (χ1n) is 6.47. The van der Waals surface area contributed by atoms with Crippen LogP contribution in [0.2, 0.25) is 5.02 Å². The van der Waals surface area contributed by atoms with Crippen molar-refractivity contribution >= 4 is 28.8 Å². The highest BCUT2D eigenvalue weighted by atomic mass is 35.5. The molecule has 0 unspecified atom stereocenters. The zero-order valence-corrected chi connectivity index (χ0v) is 12.6. The molecule has 2 aromatic heterocycles. The van der Waals surface area contributed by atoms with E-state index in [1.165, 1.54) is 0 Å². The molecule has 0 saturated heterocycles. The molecule has 1 aromatic carbocycles. The van der Waals surface area contributed by atoms with Crippen LogP contribution in [0, 0.1) is 0 Å². The van der Waals surface area contributed by atoms with Gasteiger partial charge in [0.1, 0.15) is 5.69 Å². The molecule has 1 amide bonds. The molecule has 5 heteroatoms. The van der Waals surface area contributed by atoms with Crippen molar-refractivity contribution in [1.82, 2.24) is 10.3 Å². The summed E-state index contributed by atoms with van der Waals surface area (Å²) in [5.74, 6) is -0.177. The first kappa shape index (κ1) is 13.9. The van der Waals surface area contributed by atoms with Crippen molar-refractivity contribution in [2.75, 3.05) is 0 Å². The van der Waals surface area contributed by atoms with Gasteiger partial charge in [-0.25, -0.2) is 0 Å². The Morgan fingerprint density at radius 2 is 2.00 bits per heavy atom. The number of hydrogen-bond donors (Lipinski definition) is 2. The van der Waals surface area contributed by atoms with Crippen molar-refractivity contribution < 1.29 is 4.79 Å². The molecule has 0 bridgehead atoms. The van der Waals surface area contributed by atoms with Crippen LogP contribution >= 0.6 is 22.9 Å². The summed E-state index contributed by atoms with van der Waals surface area (Å²) in [6.45, 7) is 0. The van der Waals surface area contributed by atoms with E-state index in [9.17, 15) is 4.79 Å². The van der Waals surface area contributed by atoms with Gasteiger partial charge in [-0.15, -0.1) is 11.3 Å². The molecular weight excluding hydrogens is 304 g/mol. The molecule has 0 radical (unpaired) electrons. The number of amides is 1. The Labute approximate surface area is 131 Å². The smallest absolute Gasteiger partial charge is 0.268 e.